The van der Waals surface area contributed by atoms with Crippen molar-refractivity contribution in [2.45, 2.75) is 0 Å². The average molecular weight is 212 g/mol. The first kappa shape index (κ1) is 9.15. The summed E-state index contributed by atoms with van der Waals surface area (Å²) in [6.07, 6.45) is 0. The van der Waals surface area contributed by atoms with Gasteiger partial charge in [0.05, 0.1) is 0 Å². The summed E-state index contributed by atoms with van der Waals surface area (Å²) in [5.74, 6) is -1.18. The van der Waals surface area contributed by atoms with Crippen LogP contribution in [0.1, 0.15) is 0 Å². The molecular formula is C10H6F2OS. The van der Waals surface area contributed by atoms with Crippen molar-refractivity contribution in [2.75, 3.05) is 0 Å². The van der Waals surface area contributed by atoms with E-state index in [2.05, 4.69) is 0 Å². The highest BCUT2D eigenvalue weighted by Crippen LogP contribution is 2.28. The van der Waals surface area contributed by atoms with Crippen LogP contribution in [0.3, 0.4) is 0 Å². The molecule has 0 unspecified atom stereocenters. The first-order chi connectivity index (χ1) is 6.75. The van der Waals surface area contributed by atoms with Crippen LogP contribution in [0, 0.1) is 11.6 Å². The van der Waals surface area contributed by atoms with Crippen molar-refractivity contribution in [3.63, 3.8) is 0 Å². The molecule has 0 aliphatic rings. The van der Waals surface area contributed by atoms with E-state index >= 15 is 0 Å². The summed E-state index contributed by atoms with van der Waals surface area (Å²) < 4.78 is 30.9. The van der Waals surface area contributed by atoms with Crippen LogP contribution in [0.25, 0.3) is 0 Å². The van der Waals surface area contributed by atoms with Gasteiger partial charge in [-0.2, -0.15) is 0 Å². The zero-order valence-electron chi connectivity index (χ0n) is 7.04. The highest BCUT2D eigenvalue weighted by molar-refractivity contribution is 7.11. The van der Waals surface area contributed by atoms with Crippen LogP contribution in [0.5, 0.6) is 10.8 Å². The van der Waals surface area contributed by atoms with Crippen LogP contribution in [0.4, 0.5) is 8.78 Å². The summed E-state index contributed by atoms with van der Waals surface area (Å²) in [6, 6.07) is 6.58. The van der Waals surface area contributed by atoms with Crippen molar-refractivity contribution in [2.24, 2.45) is 0 Å². The van der Waals surface area contributed by atoms with Gasteiger partial charge < -0.3 is 4.74 Å². The molecule has 2 aromatic rings. The van der Waals surface area contributed by atoms with Crippen LogP contribution >= 0.6 is 11.3 Å². The zero-order chi connectivity index (χ0) is 9.97. The Bertz CT molecular complexity index is 426. The normalized spacial score (nSPS) is 10.1. The molecule has 0 fully saturated rings. The minimum Gasteiger partial charge on any atom is -0.444 e. The molecule has 1 heterocycles. The number of halogens is 2. The number of hydrogen-bond donors (Lipinski definition) is 0. The lowest BCUT2D eigenvalue weighted by Gasteiger charge is -2.03. The number of thiophene rings is 1. The molecule has 0 radical (unpaired) electrons. The van der Waals surface area contributed by atoms with Gasteiger partial charge in [0.25, 0.3) is 0 Å². The van der Waals surface area contributed by atoms with Crippen molar-refractivity contribution < 1.29 is 13.5 Å². The van der Waals surface area contributed by atoms with Crippen molar-refractivity contribution in [3.05, 3.63) is 47.3 Å². The molecule has 0 N–H and O–H groups in total. The largest absolute Gasteiger partial charge is 0.444 e. The van der Waals surface area contributed by atoms with Gasteiger partial charge in [0.1, 0.15) is 5.82 Å². The molecular weight excluding hydrogens is 206 g/mol. The maximum absolute atomic E-state index is 13.1. The van der Waals surface area contributed by atoms with Crippen molar-refractivity contribution in [1.82, 2.24) is 0 Å². The smallest absolute Gasteiger partial charge is 0.181 e. The van der Waals surface area contributed by atoms with Crippen LogP contribution in [-0.2, 0) is 0 Å². The van der Waals surface area contributed by atoms with Gasteiger partial charge in [0.15, 0.2) is 16.6 Å². The number of ether oxygens (including phenoxy) is 1. The summed E-state index contributed by atoms with van der Waals surface area (Å²) in [5.41, 5.74) is 0. The second-order valence-electron chi connectivity index (χ2n) is 2.61. The summed E-state index contributed by atoms with van der Waals surface area (Å²) in [7, 11) is 0. The summed E-state index contributed by atoms with van der Waals surface area (Å²) >= 11 is 1.32. The Kier molecular flexibility index (Phi) is 2.45. The monoisotopic (exact) mass is 212 g/mol. The van der Waals surface area contributed by atoms with Gasteiger partial charge >= 0.3 is 0 Å². The van der Waals surface area contributed by atoms with Gasteiger partial charge in [-0.1, -0.05) is 0 Å². The second kappa shape index (κ2) is 3.75. The summed E-state index contributed by atoms with van der Waals surface area (Å²) in [5, 5.41) is 2.33. The van der Waals surface area contributed by atoms with E-state index in [1.807, 2.05) is 0 Å². The third-order valence-corrected chi connectivity index (χ3v) is 2.34. The van der Waals surface area contributed by atoms with E-state index in [-0.39, 0.29) is 5.75 Å². The first-order valence-corrected chi connectivity index (χ1v) is 4.80. The van der Waals surface area contributed by atoms with Crippen molar-refractivity contribution in [3.8, 4) is 10.8 Å². The van der Waals surface area contributed by atoms with Crippen molar-refractivity contribution >= 4 is 11.3 Å². The fourth-order valence-electron chi connectivity index (χ4n) is 0.985. The Morgan fingerprint density at radius 1 is 1.14 bits per heavy atom. The topological polar surface area (TPSA) is 9.23 Å². The SMILES string of the molecule is Fc1ccc(F)c(Oc2cccs2)c1. The van der Waals surface area contributed by atoms with E-state index in [0.717, 1.165) is 18.2 Å². The molecule has 0 saturated heterocycles. The van der Waals surface area contributed by atoms with Gasteiger partial charge in [-0.25, -0.2) is 8.78 Å². The molecule has 1 aromatic carbocycles. The van der Waals surface area contributed by atoms with E-state index in [9.17, 15) is 8.78 Å². The van der Waals surface area contributed by atoms with E-state index in [1.54, 1.807) is 17.5 Å². The quantitative estimate of drug-likeness (QED) is 0.735. The Labute approximate surface area is 83.6 Å². The lowest BCUT2D eigenvalue weighted by atomic mass is 10.3. The highest BCUT2D eigenvalue weighted by atomic mass is 32.1. The fourth-order valence-corrected chi connectivity index (χ4v) is 1.57. The van der Waals surface area contributed by atoms with E-state index in [4.69, 9.17) is 4.74 Å². The standard InChI is InChI=1S/C10H6F2OS/c11-7-3-4-8(12)9(6-7)13-10-2-1-5-14-10/h1-6H. The first-order valence-electron chi connectivity index (χ1n) is 3.92. The lowest BCUT2D eigenvalue weighted by Crippen LogP contribution is -1.87. The average Bonchev–Trinajstić information content (AvgIpc) is 2.64. The number of rotatable bonds is 2. The van der Waals surface area contributed by atoms with Gasteiger partial charge in [0.2, 0.25) is 0 Å². The van der Waals surface area contributed by atoms with E-state index < -0.39 is 11.6 Å². The van der Waals surface area contributed by atoms with Crippen LogP contribution in [0.2, 0.25) is 0 Å². The molecule has 0 atom stereocenters. The summed E-state index contributed by atoms with van der Waals surface area (Å²) in [6.45, 7) is 0. The van der Waals surface area contributed by atoms with Gasteiger partial charge in [0, 0.05) is 6.07 Å². The molecule has 1 nitrogen and oxygen atoms in total. The molecule has 0 aliphatic heterocycles. The third-order valence-electron chi connectivity index (χ3n) is 1.60. The zero-order valence-corrected chi connectivity index (χ0v) is 7.85. The Morgan fingerprint density at radius 3 is 2.71 bits per heavy atom. The van der Waals surface area contributed by atoms with Crippen LogP contribution in [0.15, 0.2) is 35.7 Å². The second-order valence-corrected chi connectivity index (χ2v) is 3.52. The lowest BCUT2D eigenvalue weighted by molar-refractivity contribution is 0.446. The fraction of sp³-hybridized carbons (Fsp3) is 0. The molecule has 4 heteroatoms. The molecule has 0 saturated carbocycles. The van der Waals surface area contributed by atoms with Crippen LogP contribution in [-0.4, -0.2) is 0 Å². The Morgan fingerprint density at radius 2 is 2.00 bits per heavy atom. The van der Waals surface area contributed by atoms with E-state index in [0.29, 0.717) is 5.06 Å². The Balaban J connectivity index is 2.28. The Hall–Kier alpha value is -1.42. The molecule has 0 amide bonds. The predicted octanol–water partition coefficient (Wildman–Crippen LogP) is 3.82. The van der Waals surface area contributed by atoms with Gasteiger partial charge in [-0.3, -0.25) is 0 Å². The maximum Gasteiger partial charge on any atom is 0.181 e. The predicted molar refractivity (Wildman–Crippen MR) is 50.8 cm³/mol. The minimum atomic E-state index is -0.570. The number of hydrogen-bond acceptors (Lipinski definition) is 2. The van der Waals surface area contributed by atoms with Crippen molar-refractivity contribution in [1.29, 1.82) is 0 Å². The van der Waals surface area contributed by atoms with Gasteiger partial charge in [-0.15, -0.1) is 11.3 Å². The highest BCUT2D eigenvalue weighted by Gasteiger charge is 2.06. The molecule has 0 bridgehead atoms. The minimum absolute atomic E-state index is 0.0903. The van der Waals surface area contributed by atoms with E-state index in [1.165, 1.54) is 11.3 Å². The molecule has 14 heavy (non-hydrogen) atoms. The van der Waals surface area contributed by atoms with Gasteiger partial charge in [-0.05, 0) is 29.6 Å². The molecule has 2 rings (SSSR count). The third kappa shape index (κ3) is 1.90. The summed E-state index contributed by atoms with van der Waals surface area (Å²) in [4.78, 5) is 0. The molecule has 0 spiro atoms. The van der Waals surface area contributed by atoms with Crippen LogP contribution < -0.4 is 4.74 Å². The molecule has 0 aliphatic carbocycles. The molecule has 1 aromatic heterocycles. The maximum atomic E-state index is 13.1. The number of benzene rings is 1. The molecule has 72 valence electrons.